The van der Waals surface area contributed by atoms with Gasteiger partial charge in [0, 0.05) is 44.3 Å². The maximum Gasteiger partial charge on any atom is 0.417 e. The lowest BCUT2D eigenvalue weighted by molar-refractivity contribution is -0.137. The standard InChI is InChI=1S/C24H25F3N4O2S/c1-15-5-10-34-20(15)22(33)30-8-6-23(7-9-30)14-31(13-19(23)21(32)29-2)17-4-3-16(12-28)18(11-17)24(25,26)27/h3-5,10-11,19H,6-9,13-14H2,1-2H3,(H,29,32). The molecule has 6 nitrogen and oxygen atoms in total. The molecule has 1 aromatic carbocycles. The summed E-state index contributed by atoms with van der Waals surface area (Å²) in [5.74, 6) is -0.583. The molecule has 180 valence electrons. The van der Waals surface area contributed by atoms with Gasteiger partial charge in [-0.1, -0.05) is 0 Å². The SMILES string of the molecule is CNC(=O)C1CN(c2ccc(C#N)c(C(F)(F)F)c2)CC12CCN(C(=O)c1sccc1C)CC2. The van der Waals surface area contributed by atoms with Crippen LogP contribution in [0.3, 0.4) is 0 Å². The van der Waals surface area contributed by atoms with E-state index in [1.807, 2.05) is 18.4 Å². The smallest absolute Gasteiger partial charge is 0.370 e. The van der Waals surface area contributed by atoms with Crippen LogP contribution < -0.4 is 10.2 Å². The van der Waals surface area contributed by atoms with E-state index >= 15 is 0 Å². The summed E-state index contributed by atoms with van der Waals surface area (Å²) >= 11 is 1.41. The highest BCUT2D eigenvalue weighted by Gasteiger charge is 2.51. The zero-order valence-electron chi connectivity index (χ0n) is 18.9. The molecular weight excluding hydrogens is 465 g/mol. The normalized spacial score (nSPS) is 19.8. The number of nitrogens with one attached hydrogen (secondary N) is 1. The third-order valence-corrected chi connectivity index (χ3v) is 8.11. The molecule has 0 aliphatic carbocycles. The zero-order valence-corrected chi connectivity index (χ0v) is 19.7. The van der Waals surface area contributed by atoms with Gasteiger partial charge in [0.05, 0.1) is 28.0 Å². The average molecular weight is 491 g/mol. The lowest BCUT2D eigenvalue weighted by Crippen LogP contribution is -2.49. The Bertz CT molecular complexity index is 1150. The fraction of sp³-hybridized carbons (Fsp3) is 0.458. The molecule has 2 saturated heterocycles. The Kier molecular flexibility index (Phi) is 6.34. The van der Waals surface area contributed by atoms with E-state index in [1.165, 1.54) is 23.5 Å². The Labute approximate surface area is 200 Å². The number of carbonyl (C=O) groups excluding carboxylic acids is 2. The van der Waals surface area contributed by atoms with Crippen LogP contribution in [0.4, 0.5) is 18.9 Å². The highest BCUT2D eigenvalue weighted by atomic mass is 32.1. The summed E-state index contributed by atoms with van der Waals surface area (Å²) in [5.41, 5.74) is -0.578. The number of anilines is 1. The quantitative estimate of drug-likeness (QED) is 0.704. The van der Waals surface area contributed by atoms with E-state index in [-0.39, 0.29) is 18.4 Å². The molecule has 1 unspecified atom stereocenters. The van der Waals surface area contributed by atoms with Gasteiger partial charge >= 0.3 is 6.18 Å². The lowest BCUT2D eigenvalue weighted by Gasteiger charge is -2.42. The molecule has 3 heterocycles. The Morgan fingerprint density at radius 3 is 2.50 bits per heavy atom. The van der Waals surface area contributed by atoms with Crippen LogP contribution in [0, 0.1) is 29.6 Å². The van der Waals surface area contributed by atoms with Gasteiger partial charge < -0.3 is 15.1 Å². The Balaban J connectivity index is 1.58. The molecule has 0 radical (unpaired) electrons. The molecule has 1 aromatic heterocycles. The summed E-state index contributed by atoms with van der Waals surface area (Å²) < 4.78 is 40.5. The second kappa shape index (κ2) is 8.95. The van der Waals surface area contributed by atoms with Gasteiger partial charge in [-0.25, -0.2) is 0 Å². The monoisotopic (exact) mass is 490 g/mol. The van der Waals surface area contributed by atoms with Crippen LogP contribution in [0.1, 0.15) is 39.2 Å². The van der Waals surface area contributed by atoms with Crippen molar-refractivity contribution in [3.63, 3.8) is 0 Å². The number of benzene rings is 1. The van der Waals surface area contributed by atoms with Gasteiger partial charge in [-0.05, 0) is 55.0 Å². The van der Waals surface area contributed by atoms with E-state index in [9.17, 15) is 22.8 Å². The zero-order chi connectivity index (χ0) is 24.7. The van der Waals surface area contributed by atoms with Gasteiger partial charge in [-0.15, -0.1) is 11.3 Å². The number of hydrogen-bond donors (Lipinski definition) is 1. The van der Waals surface area contributed by atoms with Crippen LogP contribution in [0.5, 0.6) is 0 Å². The van der Waals surface area contributed by atoms with Crippen molar-refractivity contribution in [2.75, 3.05) is 38.1 Å². The first-order chi connectivity index (χ1) is 16.1. The summed E-state index contributed by atoms with van der Waals surface area (Å²) in [6.07, 6.45) is -3.48. The van der Waals surface area contributed by atoms with Gasteiger partial charge in [0.2, 0.25) is 5.91 Å². The number of thiophene rings is 1. The molecule has 2 fully saturated rings. The molecule has 34 heavy (non-hydrogen) atoms. The van der Waals surface area contributed by atoms with Crippen molar-refractivity contribution in [1.82, 2.24) is 10.2 Å². The van der Waals surface area contributed by atoms with E-state index in [1.54, 1.807) is 22.9 Å². The Morgan fingerprint density at radius 1 is 1.24 bits per heavy atom. The number of hydrogen-bond acceptors (Lipinski definition) is 5. The number of alkyl halides is 3. The molecule has 1 atom stereocenters. The van der Waals surface area contributed by atoms with Crippen molar-refractivity contribution in [3.8, 4) is 6.07 Å². The van der Waals surface area contributed by atoms with Crippen LogP contribution in [0.25, 0.3) is 0 Å². The van der Waals surface area contributed by atoms with Crippen LogP contribution >= 0.6 is 11.3 Å². The Hall–Kier alpha value is -3.06. The van der Waals surface area contributed by atoms with Crippen molar-refractivity contribution in [3.05, 3.63) is 51.2 Å². The van der Waals surface area contributed by atoms with Crippen LogP contribution in [-0.2, 0) is 11.0 Å². The van der Waals surface area contributed by atoms with Crippen molar-refractivity contribution in [1.29, 1.82) is 5.26 Å². The second-order valence-electron chi connectivity index (χ2n) is 8.97. The third-order valence-electron chi connectivity index (χ3n) is 7.11. The van der Waals surface area contributed by atoms with E-state index in [4.69, 9.17) is 5.26 Å². The molecule has 2 amide bonds. The molecule has 4 rings (SSSR count). The van der Waals surface area contributed by atoms with E-state index in [2.05, 4.69) is 5.32 Å². The van der Waals surface area contributed by atoms with Crippen LogP contribution in [-0.4, -0.2) is 49.9 Å². The fourth-order valence-corrected chi connectivity index (χ4v) is 6.05. The van der Waals surface area contributed by atoms with Gasteiger partial charge in [0.25, 0.3) is 5.91 Å². The predicted octanol–water partition coefficient (Wildman–Crippen LogP) is 4.05. The van der Waals surface area contributed by atoms with Gasteiger partial charge in [0.15, 0.2) is 0 Å². The molecule has 0 bridgehead atoms. The van der Waals surface area contributed by atoms with E-state index < -0.39 is 28.6 Å². The largest absolute Gasteiger partial charge is 0.417 e. The number of carbonyl (C=O) groups is 2. The molecule has 1 spiro atoms. The number of halogens is 3. The first-order valence-electron chi connectivity index (χ1n) is 11.0. The molecule has 2 aliphatic heterocycles. The van der Waals surface area contributed by atoms with Crippen molar-refractivity contribution in [2.24, 2.45) is 11.3 Å². The van der Waals surface area contributed by atoms with Gasteiger partial charge in [-0.3, -0.25) is 9.59 Å². The molecule has 2 aromatic rings. The summed E-state index contributed by atoms with van der Waals surface area (Å²) in [6.45, 7) is 3.56. The number of nitrogens with zero attached hydrogens (tertiary/aromatic N) is 3. The number of aryl methyl sites for hydroxylation is 1. The maximum atomic E-state index is 13.5. The van der Waals surface area contributed by atoms with E-state index in [0.717, 1.165) is 11.6 Å². The molecule has 10 heteroatoms. The molecule has 0 saturated carbocycles. The lowest BCUT2D eigenvalue weighted by atomic mass is 9.70. The minimum Gasteiger partial charge on any atom is -0.370 e. The average Bonchev–Trinajstić information content (AvgIpc) is 3.41. The maximum absolute atomic E-state index is 13.5. The van der Waals surface area contributed by atoms with Crippen molar-refractivity contribution < 1.29 is 22.8 Å². The fourth-order valence-electron chi connectivity index (χ4n) is 5.16. The summed E-state index contributed by atoms with van der Waals surface area (Å²) in [7, 11) is 1.56. The van der Waals surface area contributed by atoms with Gasteiger partial charge in [-0.2, -0.15) is 18.4 Å². The topological polar surface area (TPSA) is 76.4 Å². The summed E-state index contributed by atoms with van der Waals surface area (Å²) in [4.78, 5) is 30.1. The van der Waals surface area contributed by atoms with Crippen molar-refractivity contribution in [2.45, 2.75) is 25.9 Å². The first kappa shape index (κ1) is 24.1. The highest BCUT2D eigenvalue weighted by molar-refractivity contribution is 7.12. The van der Waals surface area contributed by atoms with Crippen molar-refractivity contribution >= 4 is 28.8 Å². The highest BCUT2D eigenvalue weighted by Crippen LogP contribution is 2.47. The van der Waals surface area contributed by atoms with Gasteiger partial charge in [0.1, 0.15) is 0 Å². The number of likely N-dealkylation sites (tertiary alicyclic amines) is 1. The summed E-state index contributed by atoms with van der Waals surface area (Å²) in [6, 6.07) is 7.20. The number of nitriles is 1. The molecule has 2 aliphatic rings. The van der Waals surface area contributed by atoms with Crippen LogP contribution in [0.2, 0.25) is 0 Å². The Morgan fingerprint density at radius 2 is 1.94 bits per heavy atom. The van der Waals surface area contributed by atoms with Crippen LogP contribution in [0.15, 0.2) is 29.6 Å². The predicted molar refractivity (Wildman–Crippen MR) is 123 cm³/mol. The number of piperidine rings is 1. The third kappa shape index (κ3) is 4.25. The molecule has 1 N–H and O–H groups in total. The second-order valence-corrected chi connectivity index (χ2v) is 9.89. The first-order valence-corrected chi connectivity index (χ1v) is 11.9. The number of amides is 2. The minimum atomic E-state index is -4.65. The van der Waals surface area contributed by atoms with E-state index in [0.29, 0.717) is 43.0 Å². The number of rotatable bonds is 3. The summed E-state index contributed by atoms with van der Waals surface area (Å²) in [5, 5.41) is 13.7. The minimum absolute atomic E-state index is 0.0180. The molecular formula is C24H25F3N4O2S.